The third kappa shape index (κ3) is 16.2. The molecule has 0 saturated carbocycles. The number of carbonyl (C=O) groups is 2. The number of nitrogens with zero attached hydrogens (tertiary/aromatic N) is 5. The number of unbranched alkanes of at least 4 members (excludes halogenated alkanes) is 2. The lowest BCUT2D eigenvalue weighted by Crippen LogP contribution is -2.41. The predicted molar refractivity (Wildman–Crippen MR) is 344 cm³/mol. The maximum atomic E-state index is 13.4. The number of anilines is 3. The molecule has 1 amide bonds. The molecule has 0 spiro atoms. The fourth-order valence-electron chi connectivity index (χ4n) is 11.6. The van der Waals surface area contributed by atoms with Crippen molar-refractivity contribution in [2.45, 2.75) is 119 Å². The van der Waals surface area contributed by atoms with Gasteiger partial charge in [-0.05, 0) is 166 Å². The maximum Gasteiger partial charge on any atom is 0.326 e. The number of hydrogen-bond acceptors (Lipinski definition) is 18. The summed E-state index contributed by atoms with van der Waals surface area (Å²) in [5.74, 6) is -2.05. The van der Waals surface area contributed by atoms with Crippen molar-refractivity contribution in [1.82, 2.24) is 25.3 Å². The van der Waals surface area contributed by atoms with Crippen molar-refractivity contribution in [1.29, 1.82) is 0 Å². The fourth-order valence-corrected chi connectivity index (χ4v) is 13.7. The zero-order valence-corrected chi connectivity index (χ0v) is 53.8. The number of aryl methyl sites for hydroxylation is 1. The van der Waals surface area contributed by atoms with Crippen LogP contribution >= 0.6 is 0 Å². The number of allylic oxidation sites excluding steroid dienone is 7. The van der Waals surface area contributed by atoms with Crippen molar-refractivity contribution in [2.24, 2.45) is 0 Å². The smallest absolute Gasteiger partial charge is 0.326 e. The molecule has 6 aromatic rings. The van der Waals surface area contributed by atoms with Gasteiger partial charge >= 0.3 is 5.97 Å². The lowest BCUT2D eigenvalue weighted by Gasteiger charge is -2.27. The second-order valence-corrected chi connectivity index (χ2v) is 29.6. The normalized spacial score (nSPS) is 17.0. The molecule has 26 nitrogen and oxygen atoms in total. The molecular formula is C62H70N9O17S4+. The van der Waals surface area contributed by atoms with Crippen LogP contribution in [0, 0.1) is 0 Å². The van der Waals surface area contributed by atoms with E-state index < -0.39 is 86.3 Å². The highest BCUT2D eigenvalue weighted by atomic mass is 32.2. The predicted octanol–water partition coefficient (Wildman–Crippen LogP) is 7.61. The highest BCUT2D eigenvalue weighted by Gasteiger charge is 2.45. The number of carboxylic acid groups (broad SMARTS) is 1. The van der Waals surface area contributed by atoms with E-state index in [2.05, 4.69) is 30.6 Å². The van der Waals surface area contributed by atoms with Crippen LogP contribution in [-0.2, 0) is 69.1 Å². The number of aromatic nitrogens is 4. The lowest BCUT2D eigenvalue weighted by atomic mass is 9.81. The van der Waals surface area contributed by atoms with Gasteiger partial charge in [-0.15, -0.1) is 0 Å². The van der Waals surface area contributed by atoms with Gasteiger partial charge in [0.15, 0.2) is 16.9 Å². The summed E-state index contributed by atoms with van der Waals surface area (Å²) in [6.45, 7) is 8.24. The minimum atomic E-state index is -4.61. The topological polar surface area (TPSA) is 409 Å². The quantitative estimate of drug-likeness (QED) is 0.0143. The zero-order valence-electron chi connectivity index (χ0n) is 50.5. The number of hydrogen-bond donors (Lipinski definition) is 9. The van der Waals surface area contributed by atoms with Crippen molar-refractivity contribution in [3.8, 4) is 5.75 Å². The van der Waals surface area contributed by atoms with Gasteiger partial charge in [0.2, 0.25) is 11.6 Å². The molecule has 4 heterocycles. The molecule has 9 rings (SSSR count). The monoisotopic (exact) mass is 1340 g/mol. The SMILES string of the molecule is CC1(C)C(/C=C/C2=C(Oc3ccc(CC[C@@H](NC(=O)c4ccc(NCc5cnc6nc(N)[nH]c(=O)c6n5)cc4)C(=O)O)cc3)C(=C/C=C3/N(CCCCS(=O)(=O)O)c4ccc(S(=O)(=O)O)cc4C3(C)C)/CCC2)=[N+](CCCCS(=O)(=O)O)c2ccc(S(=O)(=O)O)cc21. The first-order chi connectivity index (χ1) is 43.2. The number of aliphatic carboxylic acids is 1. The Hall–Kier alpha value is -8.49. The Balaban J connectivity index is 1.00. The number of ether oxygens (including phenoxy) is 1. The summed E-state index contributed by atoms with van der Waals surface area (Å²) in [5.41, 5.74) is 10.6. The molecule has 1 atom stereocenters. The number of rotatable bonds is 26. The molecule has 4 aromatic carbocycles. The van der Waals surface area contributed by atoms with Gasteiger partial charge < -0.3 is 31.1 Å². The number of amides is 1. The van der Waals surface area contributed by atoms with Crippen LogP contribution in [0.25, 0.3) is 11.2 Å². The van der Waals surface area contributed by atoms with Crippen molar-refractivity contribution in [2.75, 3.05) is 40.5 Å². The average molecular weight is 1340 g/mol. The number of nitrogens with one attached hydrogen (secondary N) is 3. The Labute approximate surface area is 531 Å². The first-order valence-electron chi connectivity index (χ1n) is 29.2. The van der Waals surface area contributed by atoms with Gasteiger partial charge in [-0.1, -0.05) is 32.1 Å². The standard InChI is InChI=1S/C62H69N9O17S4/c1-61(2)47-34-45(91(82,83)84)23-26-50(47)70(30-5-7-32-89(76,77)78)52(61)28-17-39-10-9-11-40(18-29-53-62(3,4)48-35-46(92(85,86)87)24-27-51(48)71(53)31-6-8-33-90(79,80)81)55(39)88-44-21-12-38(13-22-44)14-25-49(59(74)75)67-57(72)41-15-19-42(20-16-41)64-36-43-37-65-56-54(66-43)58(73)69-60(63)68-56/h12-13,15-24,26-29,34-35,37,49H,5-11,14,25,30-33,36H2,1-4H3,(H9-,63,64,65,67,68,69,72,73,74,75,76,77,78,79,80,81,82,83,84,85,86,87)/p+1/t49-/m1/s1. The number of nitrogen functional groups attached to an aromatic ring is 1. The molecule has 92 heavy (non-hydrogen) atoms. The summed E-state index contributed by atoms with van der Waals surface area (Å²) in [6.07, 6.45) is 11.7. The third-order valence-electron chi connectivity index (χ3n) is 16.3. The van der Waals surface area contributed by atoms with Gasteiger partial charge in [0.1, 0.15) is 24.1 Å². The molecule has 0 unspecified atom stereocenters. The number of fused-ring (bicyclic) bond motifs is 3. The second kappa shape index (κ2) is 27.0. The van der Waals surface area contributed by atoms with Crippen molar-refractivity contribution < 1.29 is 75.9 Å². The molecule has 1 aliphatic carbocycles. The maximum absolute atomic E-state index is 13.4. The molecular weight excluding hydrogens is 1270 g/mol. The van der Waals surface area contributed by atoms with E-state index in [0.717, 1.165) is 16.7 Å². The fraction of sp³-hybridized carbons (Fsp3) is 0.339. The number of benzene rings is 4. The zero-order chi connectivity index (χ0) is 66.7. The lowest BCUT2D eigenvalue weighted by molar-refractivity contribution is -0.438. The Morgan fingerprint density at radius 2 is 1.43 bits per heavy atom. The Bertz CT molecular complexity index is 4600. The molecule has 30 heteroatoms. The first kappa shape index (κ1) is 67.9. The minimum Gasteiger partial charge on any atom is -0.480 e. The van der Waals surface area contributed by atoms with E-state index in [1.165, 1.54) is 42.6 Å². The van der Waals surface area contributed by atoms with E-state index in [0.29, 0.717) is 88.9 Å². The first-order valence-corrected chi connectivity index (χ1v) is 35.3. The molecule has 0 bridgehead atoms. The third-order valence-corrected chi connectivity index (χ3v) is 19.6. The van der Waals surface area contributed by atoms with Crippen LogP contribution in [-0.4, -0.2) is 130 Å². The molecule has 0 radical (unpaired) electrons. The van der Waals surface area contributed by atoms with Gasteiger partial charge in [0, 0.05) is 58.7 Å². The Kier molecular flexibility index (Phi) is 19.9. The van der Waals surface area contributed by atoms with Crippen LogP contribution in [0.2, 0.25) is 0 Å². The van der Waals surface area contributed by atoms with Gasteiger partial charge in [-0.3, -0.25) is 32.8 Å². The average Bonchev–Trinajstić information content (AvgIpc) is 1.59. The summed E-state index contributed by atoms with van der Waals surface area (Å²) >= 11 is 0. The second-order valence-electron chi connectivity index (χ2n) is 23.6. The van der Waals surface area contributed by atoms with E-state index in [4.69, 9.17) is 10.5 Å². The Morgan fingerprint density at radius 3 is 2.09 bits per heavy atom. The summed E-state index contributed by atoms with van der Waals surface area (Å²) < 4.78 is 144. The molecule has 3 aliphatic rings. The van der Waals surface area contributed by atoms with E-state index in [9.17, 15) is 71.4 Å². The number of carbonyl (C=O) groups excluding carboxylic acids is 1. The van der Waals surface area contributed by atoms with Crippen LogP contribution in [0.4, 0.5) is 23.0 Å². The minimum absolute atomic E-state index is 0.0168. The Morgan fingerprint density at radius 1 is 0.783 bits per heavy atom. The summed E-state index contributed by atoms with van der Waals surface area (Å²) in [5, 5.41) is 16.0. The van der Waals surface area contributed by atoms with Gasteiger partial charge in [-0.2, -0.15) is 43.2 Å². The summed E-state index contributed by atoms with van der Waals surface area (Å²) in [6, 6.07) is 20.6. The number of aromatic amines is 1. The van der Waals surface area contributed by atoms with Crippen LogP contribution in [0.15, 0.2) is 153 Å². The molecule has 2 aromatic heterocycles. The number of carboxylic acids is 1. The largest absolute Gasteiger partial charge is 0.480 e. The summed E-state index contributed by atoms with van der Waals surface area (Å²) in [7, 11) is -17.8. The molecule has 0 fully saturated rings. The van der Waals surface area contributed by atoms with Crippen molar-refractivity contribution in [3.05, 3.63) is 176 Å². The molecule has 10 N–H and O–H groups in total. The highest BCUT2D eigenvalue weighted by molar-refractivity contribution is 7.86. The van der Waals surface area contributed by atoms with Crippen LogP contribution in [0.3, 0.4) is 0 Å². The van der Waals surface area contributed by atoms with Gasteiger partial charge in [0.25, 0.3) is 51.9 Å². The van der Waals surface area contributed by atoms with Gasteiger partial charge in [-0.25, -0.2) is 14.8 Å². The highest BCUT2D eigenvalue weighted by Crippen LogP contribution is 2.49. The van der Waals surface area contributed by atoms with Crippen LogP contribution < -0.4 is 31.6 Å². The van der Waals surface area contributed by atoms with E-state index in [-0.39, 0.29) is 77.8 Å². The molecule has 0 saturated heterocycles. The summed E-state index contributed by atoms with van der Waals surface area (Å²) in [4.78, 5) is 54.4. The van der Waals surface area contributed by atoms with E-state index in [1.807, 2.05) is 61.5 Å². The number of nitrogens with two attached hydrogens (primary N) is 1. The number of H-pyrrole nitrogens is 1. The van der Waals surface area contributed by atoms with Crippen LogP contribution in [0.5, 0.6) is 5.75 Å². The van der Waals surface area contributed by atoms with Gasteiger partial charge in [0.05, 0.1) is 45.1 Å². The van der Waals surface area contributed by atoms with Crippen molar-refractivity contribution in [3.63, 3.8) is 0 Å². The molecule has 488 valence electrons. The van der Waals surface area contributed by atoms with E-state index in [1.54, 1.807) is 48.5 Å². The molecule has 2 aliphatic heterocycles. The van der Waals surface area contributed by atoms with Crippen LogP contribution in [0.1, 0.15) is 112 Å². The van der Waals surface area contributed by atoms with E-state index >= 15 is 0 Å². The van der Waals surface area contributed by atoms with Crippen molar-refractivity contribution >= 4 is 92.2 Å².